The molecule has 6 rings (SSSR count). The number of carbonyl (C=O) groups is 4. The van der Waals surface area contributed by atoms with E-state index in [9.17, 15) is 37.6 Å². The van der Waals surface area contributed by atoms with Crippen molar-refractivity contribution in [2.24, 2.45) is 0 Å². The number of piperazine rings is 1. The maximum atomic E-state index is 13.7. The molecule has 2 N–H and O–H groups in total. The molecule has 12 nitrogen and oxygen atoms in total. The van der Waals surface area contributed by atoms with E-state index in [4.69, 9.17) is 17.0 Å². The molecule has 3 aliphatic heterocycles. The van der Waals surface area contributed by atoms with Crippen LogP contribution in [0.4, 0.5) is 24.5 Å². The summed E-state index contributed by atoms with van der Waals surface area (Å²) in [6.45, 7) is 12.7. The standard InChI is InChI=1S/C42H52F3N7O5S.ClH/c1-6-41(18-17-35(53)48-37(41)55)29-8-10-30(11-9-29)47-36(54)25-50-26(2)23-49(24-27(50)3)19-20-57-33-15-13-31(14-16-33)52-39(58)51(38(56)40(52,4)5)32-12-7-28(22-46)34(21-32)42(43,44)45;/h7-12,21,26-27,31,33H,6,13-20,23-25H2,1-5H3,(H,47,54)(H,48,53,55);1H/t26-,27+,31-,33-,41-;/m0./s1. The van der Waals surface area contributed by atoms with E-state index in [-0.39, 0.29) is 71.7 Å². The number of alkyl halides is 3. The predicted molar refractivity (Wildman–Crippen MR) is 223 cm³/mol. The molecule has 0 spiro atoms. The third-order valence-corrected chi connectivity index (χ3v) is 12.9. The molecule has 0 unspecified atom stereocenters. The first-order valence-corrected chi connectivity index (χ1v) is 20.4. The Labute approximate surface area is 355 Å². The monoisotopic (exact) mass is 859 g/mol. The second-order valence-corrected chi connectivity index (χ2v) is 16.9. The van der Waals surface area contributed by atoms with Gasteiger partial charge < -0.3 is 15.0 Å². The molecule has 3 atom stereocenters. The van der Waals surface area contributed by atoms with Gasteiger partial charge in [-0.15, -0.1) is 12.4 Å². The fourth-order valence-electron chi connectivity index (χ4n) is 9.24. The van der Waals surface area contributed by atoms with Crippen LogP contribution in [-0.4, -0.2) is 106 Å². The van der Waals surface area contributed by atoms with Crippen molar-refractivity contribution in [2.45, 2.75) is 121 Å². The van der Waals surface area contributed by atoms with Gasteiger partial charge in [-0.2, -0.15) is 18.4 Å². The molecule has 2 aromatic carbocycles. The van der Waals surface area contributed by atoms with Crippen molar-refractivity contribution in [3.05, 3.63) is 59.2 Å². The number of nitrogens with zero attached hydrogens (tertiary/aromatic N) is 5. The Bertz CT molecular complexity index is 1960. The summed E-state index contributed by atoms with van der Waals surface area (Å²) in [7, 11) is 0. The highest BCUT2D eigenvalue weighted by Gasteiger charge is 2.53. The molecule has 0 bridgehead atoms. The van der Waals surface area contributed by atoms with Gasteiger partial charge in [0.15, 0.2) is 5.11 Å². The third-order valence-electron chi connectivity index (χ3n) is 12.5. The van der Waals surface area contributed by atoms with Gasteiger partial charge in [-0.25, -0.2) is 0 Å². The van der Waals surface area contributed by atoms with Crippen LogP contribution in [0.2, 0.25) is 0 Å². The number of piperidine rings is 1. The molecular weight excluding hydrogens is 807 g/mol. The van der Waals surface area contributed by atoms with Crippen molar-refractivity contribution in [3.63, 3.8) is 0 Å². The van der Waals surface area contributed by atoms with Gasteiger partial charge in [-0.3, -0.25) is 39.2 Å². The van der Waals surface area contributed by atoms with Crippen molar-refractivity contribution in [1.29, 1.82) is 5.26 Å². The van der Waals surface area contributed by atoms with Crippen molar-refractivity contribution >= 4 is 64.7 Å². The number of rotatable bonds is 11. The van der Waals surface area contributed by atoms with Crippen LogP contribution in [-0.2, 0) is 35.5 Å². The first-order valence-electron chi connectivity index (χ1n) is 20.0. The summed E-state index contributed by atoms with van der Waals surface area (Å²) >= 11 is 5.74. The maximum absolute atomic E-state index is 13.7. The number of thiocarbonyl (C=S) groups is 1. The van der Waals surface area contributed by atoms with E-state index in [0.29, 0.717) is 44.4 Å². The lowest BCUT2D eigenvalue weighted by atomic mass is 9.72. The highest BCUT2D eigenvalue weighted by Crippen LogP contribution is 2.41. The molecule has 2 aromatic rings. The number of halogens is 4. The molecule has 1 saturated carbocycles. The second kappa shape index (κ2) is 18.2. The Balaban J connectivity index is 0.00000661. The fourth-order valence-corrected chi connectivity index (χ4v) is 9.80. The van der Waals surface area contributed by atoms with Gasteiger partial charge in [-0.05, 0) is 114 Å². The summed E-state index contributed by atoms with van der Waals surface area (Å²) in [5, 5.41) is 14.8. The average Bonchev–Trinajstić information content (AvgIpc) is 3.35. The van der Waals surface area contributed by atoms with E-state index in [2.05, 4.69) is 34.3 Å². The molecule has 4 fully saturated rings. The Kier molecular flexibility index (Phi) is 14.2. The van der Waals surface area contributed by atoms with Gasteiger partial charge in [0.05, 0.1) is 47.6 Å². The third kappa shape index (κ3) is 9.44. The first kappa shape index (κ1) is 45.9. The van der Waals surface area contributed by atoms with E-state index >= 15 is 0 Å². The predicted octanol–water partition coefficient (Wildman–Crippen LogP) is 6.16. The minimum atomic E-state index is -4.76. The number of anilines is 2. The van der Waals surface area contributed by atoms with Gasteiger partial charge in [-0.1, -0.05) is 19.1 Å². The number of nitrogens with one attached hydrogen (secondary N) is 2. The normalized spacial score (nSPS) is 26.6. The van der Waals surface area contributed by atoms with Crippen LogP contribution in [0, 0.1) is 11.3 Å². The lowest BCUT2D eigenvalue weighted by Gasteiger charge is -2.44. The minimum Gasteiger partial charge on any atom is -0.377 e. The summed E-state index contributed by atoms with van der Waals surface area (Å²) < 4.78 is 47.5. The molecule has 4 amide bonds. The number of ether oxygens (including phenoxy) is 1. The van der Waals surface area contributed by atoms with Gasteiger partial charge in [0.25, 0.3) is 5.91 Å². The summed E-state index contributed by atoms with van der Waals surface area (Å²) in [5.41, 5.74) is -1.99. The van der Waals surface area contributed by atoms with Crippen molar-refractivity contribution < 1.29 is 37.1 Å². The summed E-state index contributed by atoms with van der Waals surface area (Å²) in [5.74, 6) is -1.07. The molecule has 0 aromatic heterocycles. The van der Waals surface area contributed by atoms with Crippen LogP contribution in [0.1, 0.15) is 96.3 Å². The molecule has 3 heterocycles. The van der Waals surface area contributed by atoms with E-state index in [1.54, 1.807) is 32.0 Å². The maximum Gasteiger partial charge on any atom is 0.417 e. The zero-order valence-corrected chi connectivity index (χ0v) is 35.7. The number of amides is 4. The van der Waals surface area contributed by atoms with E-state index in [1.165, 1.54) is 6.07 Å². The quantitative estimate of drug-likeness (QED) is 0.200. The highest BCUT2D eigenvalue weighted by molar-refractivity contribution is 7.80. The van der Waals surface area contributed by atoms with Crippen LogP contribution in [0.25, 0.3) is 0 Å². The molecule has 17 heteroatoms. The fraction of sp³-hybridized carbons (Fsp3) is 0.571. The Hall–Kier alpha value is -4.14. The molecule has 1 aliphatic carbocycles. The van der Waals surface area contributed by atoms with Crippen LogP contribution in [0.15, 0.2) is 42.5 Å². The average molecular weight is 860 g/mol. The molecule has 3 saturated heterocycles. The number of imide groups is 1. The van der Waals surface area contributed by atoms with Crippen LogP contribution in [0.5, 0.6) is 0 Å². The zero-order chi connectivity index (χ0) is 42.2. The zero-order valence-electron chi connectivity index (χ0n) is 34.1. The van der Waals surface area contributed by atoms with Crippen molar-refractivity contribution in [2.75, 3.05) is 43.0 Å². The van der Waals surface area contributed by atoms with E-state index in [0.717, 1.165) is 55.1 Å². The number of benzene rings is 2. The van der Waals surface area contributed by atoms with Crippen molar-refractivity contribution in [3.8, 4) is 6.07 Å². The molecule has 59 heavy (non-hydrogen) atoms. The van der Waals surface area contributed by atoms with Gasteiger partial charge in [0, 0.05) is 49.9 Å². The van der Waals surface area contributed by atoms with E-state index in [1.807, 2.05) is 24.0 Å². The highest BCUT2D eigenvalue weighted by atomic mass is 35.5. The van der Waals surface area contributed by atoms with Crippen LogP contribution < -0.4 is 15.5 Å². The van der Waals surface area contributed by atoms with Crippen molar-refractivity contribution in [1.82, 2.24) is 20.0 Å². The van der Waals surface area contributed by atoms with Crippen LogP contribution in [0.3, 0.4) is 0 Å². The van der Waals surface area contributed by atoms with Gasteiger partial charge in [0.2, 0.25) is 17.7 Å². The summed E-state index contributed by atoms with van der Waals surface area (Å²) in [4.78, 5) is 58.9. The topological polar surface area (TPSA) is 138 Å². The Morgan fingerprint density at radius 2 is 1.68 bits per heavy atom. The van der Waals surface area contributed by atoms with E-state index < -0.39 is 34.2 Å². The lowest BCUT2D eigenvalue weighted by Crippen LogP contribution is -2.58. The second-order valence-electron chi connectivity index (χ2n) is 16.6. The first-order chi connectivity index (χ1) is 27.4. The SMILES string of the molecule is CC[C@@]1(c2ccc(NC(=O)CN3[C@H](C)CN(CCO[C@H]4CC[C@H](N5C(=S)N(c6ccc(C#N)c(C(F)(F)F)c6)C(=O)C5(C)C)CC4)C[C@@H]3C)cc2)CCC(=O)NC1=O.Cl. The Morgan fingerprint density at radius 3 is 2.25 bits per heavy atom. The lowest BCUT2D eigenvalue weighted by molar-refractivity contribution is -0.139. The summed E-state index contributed by atoms with van der Waals surface area (Å²) in [6.07, 6.45) is -0.518. The molecule has 4 aliphatic rings. The summed E-state index contributed by atoms with van der Waals surface area (Å²) in [6, 6.07) is 12.3. The number of hydrogen-bond donors (Lipinski definition) is 2. The Morgan fingerprint density at radius 1 is 1.03 bits per heavy atom. The number of carbonyl (C=O) groups excluding carboxylic acids is 4. The van der Waals surface area contributed by atoms with Crippen LogP contribution >= 0.6 is 24.6 Å². The number of hydrogen-bond acceptors (Lipinski definition) is 9. The minimum absolute atomic E-state index is 0. The van der Waals surface area contributed by atoms with Gasteiger partial charge in [0.1, 0.15) is 5.54 Å². The van der Waals surface area contributed by atoms with Gasteiger partial charge >= 0.3 is 6.18 Å². The molecule has 320 valence electrons. The molecular formula is C42H53ClF3N7O5S. The largest absolute Gasteiger partial charge is 0.417 e. The smallest absolute Gasteiger partial charge is 0.377 e. The molecule has 0 radical (unpaired) electrons. The number of nitriles is 1.